The molecule has 1 aliphatic rings. The molecule has 1 saturated heterocycles. The number of benzene rings is 2. The van der Waals surface area contributed by atoms with Crippen LogP contribution >= 0.6 is 23.2 Å². The van der Waals surface area contributed by atoms with Crippen LogP contribution in [0.25, 0.3) is 17.1 Å². The Morgan fingerprint density at radius 3 is 2.18 bits per heavy atom. The minimum Gasteiger partial charge on any atom is -0.419 e. The summed E-state index contributed by atoms with van der Waals surface area (Å²) in [7, 11) is 0. The summed E-state index contributed by atoms with van der Waals surface area (Å²) >= 11 is 12.6. The van der Waals surface area contributed by atoms with E-state index in [1.54, 1.807) is 0 Å². The van der Waals surface area contributed by atoms with Crippen LogP contribution < -0.4 is 0 Å². The van der Waals surface area contributed by atoms with E-state index in [1.165, 1.54) is 5.56 Å². The molecule has 0 radical (unpaired) electrons. The zero-order valence-electron chi connectivity index (χ0n) is 19.2. The molecule has 0 aliphatic carbocycles. The van der Waals surface area contributed by atoms with E-state index in [9.17, 15) is 0 Å². The molecule has 34 heavy (non-hydrogen) atoms. The van der Waals surface area contributed by atoms with E-state index in [-0.39, 0.29) is 0 Å². The molecule has 7 nitrogen and oxygen atoms in total. The lowest BCUT2D eigenvalue weighted by molar-refractivity contribution is 0.114. The van der Waals surface area contributed by atoms with E-state index in [1.807, 2.05) is 61.0 Å². The Hall–Kier alpha value is -2.71. The van der Waals surface area contributed by atoms with Crippen LogP contribution in [0.2, 0.25) is 10.0 Å². The van der Waals surface area contributed by atoms with Gasteiger partial charge >= 0.3 is 0 Å². The third kappa shape index (κ3) is 4.88. The summed E-state index contributed by atoms with van der Waals surface area (Å²) < 4.78 is 7.80. The molecule has 0 N–H and O–H groups in total. The molecule has 176 valence electrons. The quantitative estimate of drug-likeness (QED) is 0.367. The van der Waals surface area contributed by atoms with Crippen molar-refractivity contribution in [2.75, 3.05) is 26.2 Å². The Kier molecular flexibility index (Phi) is 6.70. The fraction of sp³-hybridized carbons (Fsp3) is 0.320. The SMILES string of the molecule is Cc1nn(-c2ccc(-c3nnc(CN4CCN(Cc5ccccc5Cl)CC4)o3)cc2)c(C)c1Cl. The van der Waals surface area contributed by atoms with Crippen molar-refractivity contribution in [2.24, 2.45) is 0 Å². The van der Waals surface area contributed by atoms with Gasteiger partial charge in [-0.05, 0) is 49.7 Å². The van der Waals surface area contributed by atoms with Crippen molar-refractivity contribution in [3.05, 3.63) is 81.4 Å². The molecule has 2 aromatic carbocycles. The van der Waals surface area contributed by atoms with Gasteiger partial charge in [-0.3, -0.25) is 9.80 Å². The van der Waals surface area contributed by atoms with Crippen LogP contribution in [0.1, 0.15) is 22.8 Å². The van der Waals surface area contributed by atoms with E-state index in [0.29, 0.717) is 23.3 Å². The van der Waals surface area contributed by atoms with Crippen molar-refractivity contribution in [1.29, 1.82) is 0 Å². The predicted molar refractivity (Wildman–Crippen MR) is 133 cm³/mol. The monoisotopic (exact) mass is 496 g/mol. The Morgan fingerprint density at radius 1 is 0.853 bits per heavy atom. The fourth-order valence-corrected chi connectivity index (χ4v) is 4.53. The second-order valence-corrected chi connectivity index (χ2v) is 9.37. The summed E-state index contributed by atoms with van der Waals surface area (Å²) in [5.41, 5.74) is 4.71. The molecule has 3 heterocycles. The van der Waals surface area contributed by atoms with Gasteiger partial charge in [0.05, 0.1) is 28.6 Å². The summed E-state index contributed by atoms with van der Waals surface area (Å²) in [6.07, 6.45) is 0. The Labute approximate surface area is 208 Å². The van der Waals surface area contributed by atoms with E-state index >= 15 is 0 Å². The highest BCUT2D eigenvalue weighted by Crippen LogP contribution is 2.25. The first kappa shape index (κ1) is 23.1. The van der Waals surface area contributed by atoms with Gasteiger partial charge < -0.3 is 4.42 Å². The van der Waals surface area contributed by atoms with Crippen molar-refractivity contribution >= 4 is 23.2 Å². The van der Waals surface area contributed by atoms with Gasteiger partial charge in [0.15, 0.2) is 0 Å². The van der Waals surface area contributed by atoms with Crippen molar-refractivity contribution in [3.8, 4) is 17.1 Å². The van der Waals surface area contributed by atoms with E-state index in [0.717, 1.165) is 60.4 Å². The molecule has 4 aromatic rings. The van der Waals surface area contributed by atoms with Crippen LogP contribution in [0.15, 0.2) is 52.9 Å². The van der Waals surface area contributed by atoms with Gasteiger partial charge in [0.1, 0.15) is 0 Å². The number of aromatic nitrogens is 4. The van der Waals surface area contributed by atoms with Crippen molar-refractivity contribution < 1.29 is 4.42 Å². The third-order valence-electron chi connectivity index (χ3n) is 6.20. The van der Waals surface area contributed by atoms with Gasteiger partial charge in [-0.2, -0.15) is 5.10 Å². The summed E-state index contributed by atoms with van der Waals surface area (Å²) in [5.74, 6) is 1.15. The normalized spacial score (nSPS) is 15.2. The second kappa shape index (κ2) is 9.88. The number of piperazine rings is 1. The van der Waals surface area contributed by atoms with Crippen LogP contribution in [0.5, 0.6) is 0 Å². The Balaban J connectivity index is 1.18. The Morgan fingerprint density at radius 2 is 1.53 bits per heavy atom. The largest absolute Gasteiger partial charge is 0.419 e. The van der Waals surface area contributed by atoms with Crippen LogP contribution in [-0.2, 0) is 13.1 Å². The van der Waals surface area contributed by atoms with Gasteiger partial charge in [0.2, 0.25) is 11.8 Å². The lowest BCUT2D eigenvalue weighted by atomic mass is 10.2. The predicted octanol–water partition coefficient (Wildman–Crippen LogP) is 5.16. The molecule has 5 rings (SSSR count). The maximum absolute atomic E-state index is 6.31. The topological polar surface area (TPSA) is 63.2 Å². The maximum Gasteiger partial charge on any atom is 0.247 e. The Bertz CT molecular complexity index is 1280. The summed E-state index contributed by atoms with van der Waals surface area (Å²) in [6.45, 7) is 9.22. The van der Waals surface area contributed by atoms with Crippen LogP contribution in [0.3, 0.4) is 0 Å². The number of halogens is 2. The molecule has 0 bridgehead atoms. The summed E-state index contributed by atoms with van der Waals surface area (Å²) in [4.78, 5) is 4.77. The van der Waals surface area contributed by atoms with Gasteiger partial charge in [0, 0.05) is 43.3 Å². The van der Waals surface area contributed by atoms with E-state index in [2.05, 4.69) is 31.2 Å². The van der Waals surface area contributed by atoms with E-state index in [4.69, 9.17) is 27.6 Å². The minimum atomic E-state index is 0.519. The lowest BCUT2D eigenvalue weighted by Crippen LogP contribution is -2.45. The molecule has 0 unspecified atom stereocenters. The number of hydrogen-bond acceptors (Lipinski definition) is 6. The molecule has 0 atom stereocenters. The molecule has 1 fully saturated rings. The van der Waals surface area contributed by atoms with Crippen LogP contribution in [0.4, 0.5) is 0 Å². The number of hydrogen-bond donors (Lipinski definition) is 0. The molecule has 2 aromatic heterocycles. The molecule has 1 aliphatic heterocycles. The number of nitrogens with zero attached hydrogens (tertiary/aromatic N) is 6. The zero-order chi connectivity index (χ0) is 23.7. The van der Waals surface area contributed by atoms with Crippen molar-refractivity contribution in [3.63, 3.8) is 0 Å². The highest BCUT2D eigenvalue weighted by molar-refractivity contribution is 6.32. The number of rotatable bonds is 6. The maximum atomic E-state index is 6.31. The molecule has 9 heteroatoms. The highest BCUT2D eigenvalue weighted by atomic mass is 35.5. The minimum absolute atomic E-state index is 0.519. The zero-order valence-corrected chi connectivity index (χ0v) is 20.7. The summed E-state index contributed by atoms with van der Waals surface area (Å²) in [6, 6.07) is 15.9. The van der Waals surface area contributed by atoms with E-state index < -0.39 is 0 Å². The van der Waals surface area contributed by atoms with Gasteiger partial charge in [0.25, 0.3) is 0 Å². The lowest BCUT2D eigenvalue weighted by Gasteiger charge is -2.34. The molecule has 0 spiro atoms. The smallest absolute Gasteiger partial charge is 0.247 e. The van der Waals surface area contributed by atoms with Crippen LogP contribution in [0, 0.1) is 13.8 Å². The second-order valence-electron chi connectivity index (χ2n) is 8.59. The fourth-order valence-electron chi connectivity index (χ4n) is 4.22. The molecular weight excluding hydrogens is 471 g/mol. The van der Waals surface area contributed by atoms with Gasteiger partial charge in [-0.25, -0.2) is 4.68 Å². The average molecular weight is 497 g/mol. The highest BCUT2D eigenvalue weighted by Gasteiger charge is 2.20. The molecular formula is C25H26Cl2N6O. The molecule has 0 saturated carbocycles. The average Bonchev–Trinajstić information content (AvgIpc) is 3.42. The third-order valence-corrected chi connectivity index (χ3v) is 7.12. The van der Waals surface area contributed by atoms with Crippen LogP contribution in [-0.4, -0.2) is 56.0 Å². The first-order chi connectivity index (χ1) is 16.5. The van der Waals surface area contributed by atoms with Crippen molar-refractivity contribution in [1.82, 2.24) is 29.8 Å². The van der Waals surface area contributed by atoms with Crippen molar-refractivity contribution in [2.45, 2.75) is 26.9 Å². The number of aryl methyl sites for hydroxylation is 1. The summed E-state index contributed by atoms with van der Waals surface area (Å²) in [5, 5.41) is 14.6. The first-order valence-corrected chi connectivity index (χ1v) is 12.1. The van der Waals surface area contributed by atoms with Gasteiger partial charge in [-0.15, -0.1) is 10.2 Å². The standard InChI is InChI=1S/C25H26Cl2N6O/c1-17-24(27)18(2)33(30-17)21-9-7-19(8-10-21)25-29-28-23(34-25)16-32-13-11-31(12-14-32)15-20-5-3-4-6-22(20)26/h3-10H,11-16H2,1-2H3. The molecule has 0 amide bonds. The van der Waals surface area contributed by atoms with Gasteiger partial charge in [-0.1, -0.05) is 41.4 Å². The first-order valence-electron chi connectivity index (χ1n) is 11.3.